The highest BCUT2D eigenvalue weighted by molar-refractivity contribution is 5.97. The molecule has 1 aliphatic rings. The molecule has 202 valence electrons. The lowest BCUT2D eigenvalue weighted by atomic mass is 9.98. The number of nitrogens with one attached hydrogen (secondary N) is 1. The van der Waals surface area contributed by atoms with Crippen LogP contribution in [0, 0.1) is 18.7 Å². The van der Waals surface area contributed by atoms with Crippen molar-refractivity contribution < 1.29 is 32.2 Å². The number of ether oxygens (including phenoxy) is 2. The first-order valence-electron chi connectivity index (χ1n) is 12.2. The smallest absolute Gasteiger partial charge is 0.323 e. The molecule has 0 saturated heterocycles. The molecular formula is C27H29F3N4O4. The molecule has 0 aliphatic carbocycles. The molecule has 0 spiro atoms. The van der Waals surface area contributed by atoms with Crippen LogP contribution >= 0.6 is 0 Å². The van der Waals surface area contributed by atoms with Gasteiger partial charge in [0.15, 0.2) is 13.2 Å². The summed E-state index contributed by atoms with van der Waals surface area (Å²) < 4.78 is 55.3. The SMILES string of the molecule is CCC(C)[C@H](N)C(=O)OCC(F)(F)Cn1nc(C)c(-c2ccc3c(c2)NC(=O)CO3)c1-c1ccc(F)cc1. The molecule has 2 heterocycles. The minimum atomic E-state index is -3.48. The number of carbonyl (C=O) groups is 2. The van der Waals surface area contributed by atoms with E-state index in [1.165, 1.54) is 24.3 Å². The van der Waals surface area contributed by atoms with Gasteiger partial charge in [-0.05, 0) is 54.8 Å². The highest BCUT2D eigenvalue weighted by atomic mass is 19.3. The Morgan fingerprint density at radius 1 is 1.24 bits per heavy atom. The van der Waals surface area contributed by atoms with Gasteiger partial charge in [0.1, 0.15) is 24.2 Å². The third-order valence-corrected chi connectivity index (χ3v) is 6.48. The number of benzene rings is 2. The fraction of sp³-hybridized carbons (Fsp3) is 0.370. The van der Waals surface area contributed by atoms with Crippen molar-refractivity contribution in [3.8, 4) is 28.1 Å². The number of aromatic nitrogens is 2. The maximum atomic E-state index is 15.1. The van der Waals surface area contributed by atoms with E-state index in [-0.39, 0.29) is 18.4 Å². The summed E-state index contributed by atoms with van der Waals surface area (Å²) >= 11 is 0. The zero-order valence-corrected chi connectivity index (χ0v) is 21.3. The molecule has 1 aliphatic heterocycles. The van der Waals surface area contributed by atoms with Crippen molar-refractivity contribution in [1.29, 1.82) is 0 Å². The van der Waals surface area contributed by atoms with Gasteiger partial charge in [0, 0.05) is 11.1 Å². The monoisotopic (exact) mass is 530 g/mol. The van der Waals surface area contributed by atoms with Crippen LogP contribution in [0.4, 0.5) is 18.9 Å². The van der Waals surface area contributed by atoms with E-state index in [1.54, 1.807) is 32.0 Å². The summed E-state index contributed by atoms with van der Waals surface area (Å²) in [6, 6.07) is 9.46. The lowest BCUT2D eigenvalue weighted by molar-refractivity contribution is -0.159. The molecule has 0 bridgehead atoms. The highest BCUT2D eigenvalue weighted by Crippen LogP contribution is 2.40. The molecule has 0 radical (unpaired) electrons. The first-order valence-corrected chi connectivity index (χ1v) is 12.2. The van der Waals surface area contributed by atoms with E-state index < -0.39 is 36.9 Å². The Morgan fingerprint density at radius 3 is 2.61 bits per heavy atom. The Labute approximate surface area is 217 Å². The Balaban J connectivity index is 1.69. The molecule has 0 saturated carbocycles. The van der Waals surface area contributed by atoms with Gasteiger partial charge in [-0.1, -0.05) is 26.3 Å². The number of halogens is 3. The van der Waals surface area contributed by atoms with E-state index in [0.29, 0.717) is 45.9 Å². The van der Waals surface area contributed by atoms with E-state index in [1.807, 2.05) is 6.92 Å². The van der Waals surface area contributed by atoms with Crippen LogP contribution in [-0.2, 0) is 20.9 Å². The van der Waals surface area contributed by atoms with Gasteiger partial charge < -0.3 is 20.5 Å². The predicted molar refractivity (Wildman–Crippen MR) is 135 cm³/mol. The third kappa shape index (κ3) is 5.83. The van der Waals surface area contributed by atoms with Crippen LogP contribution in [0.2, 0.25) is 0 Å². The molecule has 3 N–H and O–H groups in total. The molecule has 0 fully saturated rings. The molecule has 2 atom stereocenters. The Morgan fingerprint density at radius 2 is 1.92 bits per heavy atom. The summed E-state index contributed by atoms with van der Waals surface area (Å²) in [4.78, 5) is 24.0. The Kier molecular flexibility index (Phi) is 7.77. The van der Waals surface area contributed by atoms with Crippen molar-refractivity contribution in [3.05, 3.63) is 54.0 Å². The molecule has 38 heavy (non-hydrogen) atoms. The molecule has 4 rings (SSSR count). The van der Waals surface area contributed by atoms with Crippen LogP contribution in [0.15, 0.2) is 42.5 Å². The molecule has 1 aromatic heterocycles. The van der Waals surface area contributed by atoms with Gasteiger partial charge in [-0.3, -0.25) is 14.3 Å². The molecule has 11 heteroatoms. The average Bonchev–Trinajstić information content (AvgIpc) is 3.20. The number of anilines is 1. The number of hydrogen-bond donors (Lipinski definition) is 2. The number of nitrogens with zero attached hydrogens (tertiary/aromatic N) is 2. The maximum Gasteiger partial charge on any atom is 0.323 e. The minimum absolute atomic E-state index is 0.105. The van der Waals surface area contributed by atoms with E-state index in [4.69, 9.17) is 15.2 Å². The molecule has 1 amide bonds. The first-order chi connectivity index (χ1) is 18.0. The largest absolute Gasteiger partial charge is 0.482 e. The maximum absolute atomic E-state index is 15.1. The zero-order chi connectivity index (χ0) is 27.6. The summed E-state index contributed by atoms with van der Waals surface area (Å²) in [5, 5.41) is 7.09. The number of nitrogens with two attached hydrogens (primary N) is 1. The predicted octanol–water partition coefficient (Wildman–Crippen LogP) is 4.55. The number of rotatable bonds is 9. The summed E-state index contributed by atoms with van der Waals surface area (Å²) in [5.41, 5.74) is 8.55. The molecular weight excluding hydrogens is 501 g/mol. The second kappa shape index (κ2) is 10.9. The van der Waals surface area contributed by atoms with Crippen LogP contribution in [0.25, 0.3) is 22.4 Å². The second-order valence-electron chi connectivity index (χ2n) is 9.40. The van der Waals surface area contributed by atoms with Crippen molar-refractivity contribution >= 4 is 17.6 Å². The molecule has 2 aromatic carbocycles. The summed E-state index contributed by atoms with van der Waals surface area (Å²) in [6.07, 6.45) is 0.599. The number of carbonyl (C=O) groups excluding carboxylic acids is 2. The van der Waals surface area contributed by atoms with Gasteiger partial charge in [0.2, 0.25) is 0 Å². The van der Waals surface area contributed by atoms with E-state index in [0.717, 1.165) is 4.68 Å². The van der Waals surface area contributed by atoms with Crippen LogP contribution in [0.5, 0.6) is 5.75 Å². The van der Waals surface area contributed by atoms with Crippen molar-refractivity contribution in [2.75, 3.05) is 18.5 Å². The summed E-state index contributed by atoms with van der Waals surface area (Å²) in [6.45, 7) is 3.06. The number of alkyl halides is 2. The number of esters is 1. The van der Waals surface area contributed by atoms with E-state index in [9.17, 15) is 14.0 Å². The van der Waals surface area contributed by atoms with Crippen LogP contribution in [0.3, 0.4) is 0 Å². The number of aryl methyl sites for hydroxylation is 1. The summed E-state index contributed by atoms with van der Waals surface area (Å²) in [7, 11) is 0. The third-order valence-electron chi connectivity index (χ3n) is 6.48. The Hall–Kier alpha value is -3.86. The van der Waals surface area contributed by atoms with Gasteiger partial charge >= 0.3 is 11.9 Å². The molecule has 8 nitrogen and oxygen atoms in total. The van der Waals surface area contributed by atoms with Crippen molar-refractivity contribution in [1.82, 2.24) is 9.78 Å². The van der Waals surface area contributed by atoms with Crippen LogP contribution in [0.1, 0.15) is 26.0 Å². The van der Waals surface area contributed by atoms with Crippen molar-refractivity contribution in [2.45, 2.75) is 45.7 Å². The van der Waals surface area contributed by atoms with Crippen molar-refractivity contribution in [2.24, 2.45) is 11.7 Å². The van der Waals surface area contributed by atoms with Gasteiger partial charge in [0.25, 0.3) is 5.91 Å². The fourth-order valence-electron chi connectivity index (χ4n) is 4.21. The molecule has 3 aromatic rings. The quantitative estimate of drug-likeness (QED) is 0.393. The minimum Gasteiger partial charge on any atom is -0.482 e. The fourth-order valence-corrected chi connectivity index (χ4v) is 4.21. The standard InChI is InChI=1S/C27H29F3N4O4/c1-4-15(2)24(31)26(36)38-14-27(29,30)13-34-25(17-5-8-19(28)9-6-17)23(16(3)33-34)18-7-10-21-20(11-18)32-22(35)12-37-21/h5-11,15,24H,4,12-14,31H2,1-3H3,(H,32,35)/t15?,24-/m0/s1. The number of fused-ring (bicyclic) bond motifs is 1. The van der Waals surface area contributed by atoms with E-state index >= 15 is 8.78 Å². The van der Waals surface area contributed by atoms with Gasteiger partial charge in [0.05, 0.1) is 17.1 Å². The second-order valence-corrected chi connectivity index (χ2v) is 9.40. The van der Waals surface area contributed by atoms with Gasteiger partial charge in [-0.2, -0.15) is 5.10 Å². The lowest BCUT2D eigenvalue weighted by Crippen LogP contribution is -2.41. The topological polar surface area (TPSA) is 108 Å². The normalized spacial score (nSPS) is 14.8. The van der Waals surface area contributed by atoms with Gasteiger partial charge in [-0.25, -0.2) is 13.2 Å². The van der Waals surface area contributed by atoms with Gasteiger partial charge in [-0.15, -0.1) is 0 Å². The van der Waals surface area contributed by atoms with Crippen LogP contribution in [-0.4, -0.2) is 46.8 Å². The summed E-state index contributed by atoms with van der Waals surface area (Å²) in [5.74, 6) is -4.92. The lowest BCUT2D eigenvalue weighted by Gasteiger charge is -2.21. The highest BCUT2D eigenvalue weighted by Gasteiger charge is 2.35. The zero-order valence-electron chi connectivity index (χ0n) is 21.3. The Bertz CT molecular complexity index is 1340. The van der Waals surface area contributed by atoms with Crippen LogP contribution < -0.4 is 15.8 Å². The van der Waals surface area contributed by atoms with E-state index in [2.05, 4.69) is 10.4 Å². The average molecular weight is 531 g/mol. The number of amides is 1. The molecule has 1 unspecified atom stereocenters. The van der Waals surface area contributed by atoms with Crippen molar-refractivity contribution in [3.63, 3.8) is 0 Å². The number of hydrogen-bond acceptors (Lipinski definition) is 6. The first kappa shape index (κ1) is 27.2.